The Morgan fingerprint density at radius 2 is 1.77 bits per heavy atom. The van der Waals surface area contributed by atoms with Gasteiger partial charge in [-0.2, -0.15) is 0 Å². The zero-order valence-electron chi connectivity index (χ0n) is 17.6. The predicted molar refractivity (Wildman–Crippen MR) is 115 cm³/mol. The first-order valence-corrected chi connectivity index (χ1v) is 10.1. The van der Waals surface area contributed by atoms with Crippen LogP contribution in [0.4, 0.5) is 0 Å². The van der Waals surface area contributed by atoms with Crippen molar-refractivity contribution in [2.24, 2.45) is 11.7 Å². The Kier molecular flexibility index (Phi) is 8.56. The quantitative estimate of drug-likeness (QED) is 0.290. The molecule has 0 aliphatic rings. The monoisotopic (exact) mass is 431 g/mol. The maximum absolute atomic E-state index is 12.9. The minimum Gasteiger partial charge on any atom is -0.480 e. The normalized spacial score (nSPS) is 12.9. The SMILES string of the molecule is CC(C)CC(NC(=O)CN)C(=O)NC(Cc1c[nH]c2ccccc12)C(=O)NCC(=O)O. The summed E-state index contributed by atoms with van der Waals surface area (Å²) in [6, 6.07) is 5.61. The number of rotatable bonds is 11. The Bertz CT molecular complexity index is 939. The number of carbonyl (C=O) groups is 4. The third kappa shape index (κ3) is 7.10. The van der Waals surface area contributed by atoms with E-state index in [9.17, 15) is 19.2 Å². The Morgan fingerprint density at radius 1 is 1.06 bits per heavy atom. The van der Waals surface area contributed by atoms with E-state index in [0.29, 0.717) is 6.42 Å². The highest BCUT2D eigenvalue weighted by molar-refractivity contribution is 5.94. The van der Waals surface area contributed by atoms with Crippen LogP contribution in [0.3, 0.4) is 0 Å². The summed E-state index contributed by atoms with van der Waals surface area (Å²) < 4.78 is 0. The highest BCUT2D eigenvalue weighted by Crippen LogP contribution is 2.19. The van der Waals surface area contributed by atoms with Crippen LogP contribution in [-0.4, -0.2) is 59.0 Å². The third-order valence-electron chi connectivity index (χ3n) is 4.69. The van der Waals surface area contributed by atoms with Crippen LogP contribution >= 0.6 is 0 Å². The minimum absolute atomic E-state index is 0.0988. The molecule has 0 aliphatic heterocycles. The molecule has 0 bridgehead atoms. The smallest absolute Gasteiger partial charge is 0.322 e. The number of carboxylic acids is 1. The molecule has 0 aliphatic carbocycles. The molecule has 0 fully saturated rings. The van der Waals surface area contributed by atoms with E-state index in [2.05, 4.69) is 20.9 Å². The second-order valence-corrected chi connectivity index (χ2v) is 7.69. The maximum Gasteiger partial charge on any atom is 0.322 e. The number of nitrogens with two attached hydrogens (primary N) is 1. The molecule has 7 N–H and O–H groups in total. The lowest BCUT2D eigenvalue weighted by Crippen LogP contribution is -2.55. The van der Waals surface area contributed by atoms with Gasteiger partial charge in [0.25, 0.3) is 0 Å². The number of aromatic amines is 1. The number of hydrogen-bond acceptors (Lipinski definition) is 5. The van der Waals surface area contributed by atoms with E-state index in [0.717, 1.165) is 16.5 Å². The van der Waals surface area contributed by atoms with Crippen LogP contribution in [0.15, 0.2) is 30.5 Å². The van der Waals surface area contributed by atoms with E-state index in [1.54, 1.807) is 6.20 Å². The number of H-pyrrole nitrogens is 1. The van der Waals surface area contributed by atoms with E-state index < -0.39 is 42.3 Å². The van der Waals surface area contributed by atoms with Crippen molar-refractivity contribution in [1.82, 2.24) is 20.9 Å². The van der Waals surface area contributed by atoms with Gasteiger partial charge in [-0.05, 0) is 24.0 Å². The van der Waals surface area contributed by atoms with E-state index >= 15 is 0 Å². The van der Waals surface area contributed by atoms with Crippen LogP contribution in [0.5, 0.6) is 0 Å². The zero-order valence-corrected chi connectivity index (χ0v) is 17.6. The van der Waals surface area contributed by atoms with Crippen molar-refractivity contribution in [2.75, 3.05) is 13.1 Å². The van der Waals surface area contributed by atoms with Gasteiger partial charge >= 0.3 is 5.97 Å². The summed E-state index contributed by atoms with van der Waals surface area (Å²) in [7, 11) is 0. The number of benzene rings is 1. The van der Waals surface area contributed by atoms with E-state index in [1.165, 1.54) is 0 Å². The topological polar surface area (TPSA) is 166 Å². The number of para-hydroxylation sites is 1. The first kappa shape index (κ1) is 23.9. The van der Waals surface area contributed by atoms with Crippen LogP contribution in [0, 0.1) is 5.92 Å². The summed E-state index contributed by atoms with van der Waals surface area (Å²) in [5, 5.41) is 17.3. The van der Waals surface area contributed by atoms with Gasteiger partial charge in [-0.3, -0.25) is 19.2 Å². The molecule has 10 nitrogen and oxygen atoms in total. The zero-order chi connectivity index (χ0) is 23.0. The molecule has 2 unspecified atom stereocenters. The van der Waals surface area contributed by atoms with E-state index in [1.807, 2.05) is 38.1 Å². The molecule has 0 radical (unpaired) electrons. The minimum atomic E-state index is -1.20. The molecule has 2 rings (SSSR count). The van der Waals surface area contributed by atoms with Gasteiger partial charge < -0.3 is 31.8 Å². The Morgan fingerprint density at radius 3 is 2.42 bits per heavy atom. The van der Waals surface area contributed by atoms with Crippen LogP contribution < -0.4 is 21.7 Å². The average molecular weight is 431 g/mol. The number of aromatic nitrogens is 1. The van der Waals surface area contributed by atoms with Crippen molar-refractivity contribution in [2.45, 2.75) is 38.8 Å². The van der Waals surface area contributed by atoms with Gasteiger partial charge in [0.05, 0.1) is 6.54 Å². The molecular weight excluding hydrogens is 402 g/mol. The molecule has 168 valence electrons. The molecule has 0 saturated heterocycles. The second kappa shape index (κ2) is 11.1. The molecule has 31 heavy (non-hydrogen) atoms. The van der Waals surface area contributed by atoms with Gasteiger partial charge in [-0.25, -0.2) is 0 Å². The molecule has 10 heteroatoms. The van der Waals surface area contributed by atoms with E-state index in [4.69, 9.17) is 10.8 Å². The van der Waals surface area contributed by atoms with Gasteiger partial charge in [0.2, 0.25) is 17.7 Å². The standard InChI is InChI=1S/C21H29N5O5/c1-12(2)7-16(25-18(27)9-22)21(31)26-17(20(30)24-11-19(28)29)8-13-10-23-15-6-4-3-5-14(13)15/h3-6,10,12,16-17,23H,7-9,11,22H2,1-2H3,(H,24,30)(H,25,27)(H,26,31)(H,28,29). The van der Waals surface area contributed by atoms with Crippen molar-refractivity contribution in [3.05, 3.63) is 36.0 Å². The highest BCUT2D eigenvalue weighted by atomic mass is 16.4. The van der Waals surface area contributed by atoms with Crippen molar-refractivity contribution in [3.8, 4) is 0 Å². The Hall–Kier alpha value is -3.40. The lowest BCUT2D eigenvalue weighted by Gasteiger charge is -2.24. The number of carboxylic acid groups (broad SMARTS) is 1. The molecular formula is C21H29N5O5. The molecule has 0 saturated carbocycles. The second-order valence-electron chi connectivity index (χ2n) is 7.69. The van der Waals surface area contributed by atoms with Crippen molar-refractivity contribution in [3.63, 3.8) is 0 Å². The van der Waals surface area contributed by atoms with Crippen LogP contribution in [0.25, 0.3) is 10.9 Å². The number of aliphatic carboxylic acids is 1. The van der Waals surface area contributed by atoms with Crippen molar-refractivity contribution < 1.29 is 24.3 Å². The fourth-order valence-corrected chi connectivity index (χ4v) is 3.24. The van der Waals surface area contributed by atoms with Crippen LogP contribution in [0.2, 0.25) is 0 Å². The summed E-state index contributed by atoms with van der Waals surface area (Å²) >= 11 is 0. The lowest BCUT2D eigenvalue weighted by molar-refractivity contribution is -0.138. The molecule has 3 amide bonds. The number of amides is 3. The predicted octanol–water partition coefficient (Wildman–Crippen LogP) is -0.114. The van der Waals surface area contributed by atoms with Gasteiger partial charge in [-0.1, -0.05) is 32.0 Å². The summed E-state index contributed by atoms with van der Waals surface area (Å²) in [6.07, 6.45) is 2.24. The number of hydrogen-bond donors (Lipinski definition) is 6. The van der Waals surface area contributed by atoms with E-state index in [-0.39, 0.29) is 18.9 Å². The first-order valence-electron chi connectivity index (χ1n) is 10.1. The molecule has 1 heterocycles. The molecule has 2 atom stereocenters. The summed E-state index contributed by atoms with van der Waals surface area (Å²) in [6.45, 7) is 2.97. The summed E-state index contributed by atoms with van der Waals surface area (Å²) in [5.41, 5.74) is 7.01. The summed E-state index contributed by atoms with van der Waals surface area (Å²) in [4.78, 5) is 51.3. The molecule has 0 spiro atoms. The maximum atomic E-state index is 12.9. The Labute approximate surface area is 179 Å². The fraction of sp³-hybridized carbons (Fsp3) is 0.429. The van der Waals surface area contributed by atoms with Crippen LogP contribution in [0.1, 0.15) is 25.8 Å². The first-order chi connectivity index (χ1) is 14.7. The number of carbonyl (C=O) groups excluding carboxylic acids is 3. The third-order valence-corrected chi connectivity index (χ3v) is 4.69. The average Bonchev–Trinajstić information content (AvgIpc) is 3.13. The highest BCUT2D eigenvalue weighted by Gasteiger charge is 2.28. The summed E-state index contributed by atoms with van der Waals surface area (Å²) in [5.74, 6) is -2.75. The van der Waals surface area contributed by atoms with Gasteiger partial charge in [-0.15, -0.1) is 0 Å². The fourth-order valence-electron chi connectivity index (χ4n) is 3.24. The van der Waals surface area contributed by atoms with Crippen LogP contribution in [-0.2, 0) is 25.6 Å². The van der Waals surface area contributed by atoms with Gasteiger partial charge in [0.15, 0.2) is 0 Å². The number of fused-ring (bicyclic) bond motifs is 1. The lowest BCUT2D eigenvalue weighted by atomic mass is 10.0. The molecule has 1 aromatic carbocycles. The van der Waals surface area contributed by atoms with Crippen molar-refractivity contribution >= 4 is 34.6 Å². The van der Waals surface area contributed by atoms with Crippen molar-refractivity contribution in [1.29, 1.82) is 0 Å². The molecule has 1 aromatic heterocycles. The van der Waals surface area contributed by atoms with Gasteiger partial charge in [0, 0.05) is 23.5 Å². The number of nitrogens with one attached hydrogen (secondary N) is 4. The largest absolute Gasteiger partial charge is 0.480 e. The molecule has 2 aromatic rings. The Balaban J connectivity index is 2.23. The van der Waals surface area contributed by atoms with Gasteiger partial charge in [0.1, 0.15) is 18.6 Å².